The number of carboxylic acids is 2. The van der Waals surface area contributed by atoms with Gasteiger partial charge >= 0.3 is 17.1 Å². The quantitative estimate of drug-likeness (QED) is 0.0493. The summed E-state index contributed by atoms with van der Waals surface area (Å²) in [6, 6.07) is 0. The van der Waals surface area contributed by atoms with Crippen molar-refractivity contribution < 1.29 is 36.9 Å². The summed E-state index contributed by atoms with van der Waals surface area (Å²) < 4.78 is 0. The van der Waals surface area contributed by atoms with Crippen molar-refractivity contribution in [3.05, 3.63) is 0 Å². The Morgan fingerprint density at radius 3 is 0.744 bits per heavy atom. The first-order valence-corrected chi connectivity index (χ1v) is 20.4. The maximum atomic E-state index is 10.2. The molecule has 0 fully saturated rings. The van der Waals surface area contributed by atoms with Crippen LogP contribution in [0.15, 0.2) is 0 Å². The fourth-order valence-corrected chi connectivity index (χ4v) is 6.55. The molecule has 4 nitrogen and oxygen atoms in total. The Hall–Kier alpha value is 0.159. The summed E-state index contributed by atoms with van der Waals surface area (Å²) >= 11 is 2.97. The van der Waals surface area contributed by atoms with Crippen molar-refractivity contribution in [3.8, 4) is 0 Å². The van der Waals surface area contributed by atoms with Crippen LogP contribution >= 0.6 is 23.5 Å². The third-order valence-corrected chi connectivity index (χ3v) is 9.76. The van der Waals surface area contributed by atoms with Crippen molar-refractivity contribution >= 4 is 35.5 Å². The van der Waals surface area contributed by atoms with E-state index in [1.807, 2.05) is 0 Å². The molecule has 0 rings (SSSR count). The SMILES string of the molecule is CCCCCCCCCCCCCCCCSCC(=O)[O-].CCCCCCCCCCCCCCCCSCC(=O)[O-].[Cu+2]. The van der Waals surface area contributed by atoms with Crippen LogP contribution in [0.2, 0.25) is 0 Å². The molecule has 0 saturated carbocycles. The largest absolute Gasteiger partial charge is 2.00 e. The molecule has 0 spiro atoms. The molecule has 0 aliphatic rings. The first kappa shape index (κ1) is 47.6. The Morgan fingerprint density at radius 1 is 0.372 bits per heavy atom. The molecule has 0 amide bonds. The third-order valence-electron chi connectivity index (χ3n) is 7.72. The van der Waals surface area contributed by atoms with Crippen LogP contribution in [0.1, 0.15) is 194 Å². The average Bonchev–Trinajstić information content (AvgIpc) is 2.97. The zero-order valence-electron chi connectivity index (χ0n) is 28.4. The zero-order valence-corrected chi connectivity index (χ0v) is 31.0. The summed E-state index contributed by atoms with van der Waals surface area (Å²) in [5.41, 5.74) is 0. The molecule has 261 valence electrons. The molecule has 0 aromatic heterocycles. The monoisotopic (exact) mass is 693 g/mol. The van der Waals surface area contributed by atoms with E-state index in [1.165, 1.54) is 190 Å². The van der Waals surface area contributed by atoms with Gasteiger partial charge in [-0.25, -0.2) is 0 Å². The minimum absolute atomic E-state index is 0. The molecule has 1 radical (unpaired) electrons. The maximum absolute atomic E-state index is 10.2. The molecule has 0 atom stereocenters. The van der Waals surface area contributed by atoms with E-state index in [4.69, 9.17) is 0 Å². The Balaban J connectivity index is -0.000000727. The van der Waals surface area contributed by atoms with Crippen LogP contribution in [-0.2, 0) is 26.7 Å². The van der Waals surface area contributed by atoms with E-state index in [2.05, 4.69) is 13.8 Å². The van der Waals surface area contributed by atoms with E-state index in [9.17, 15) is 19.8 Å². The normalized spacial score (nSPS) is 10.7. The number of rotatable bonds is 34. The van der Waals surface area contributed by atoms with Crippen molar-refractivity contribution in [2.24, 2.45) is 0 Å². The molecule has 0 unspecified atom stereocenters. The summed E-state index contributed by atoms with van der Waals surface area (Å²) in [6.07, 6.45) is 38.3. The molecule has 0 aromatic carbocycles. The summed E-state index contributed by atoms with van der Waals surface area (Å²) in [7, 11) is 0. The van der Waals surface area contributed by atoms with Crippen molar-refractivity contribution in [2.75, 3.05) is 23.0 Å². The van der Waals surface area contributed by atoms with Crippen molar-refractivity contribution in [3.63, 3.8) is 0 Å². The van der Waals surface area contributed by atoms with Gasteiger partial charge in [-0.05, 0) is 24.3 Å². The van der Waals surface area contributed by atoms with Gasteiger partial charge in [0.25, 0.3) is 0 Å². The molecule has 43 heavy (non-hydrogen) atoms. The Morgan fingerprint density at radius 2 is 0.558 bits per heavy atom. The molecule has 0 aromatic rings. The van der Waals surface area contributed by atoms with Gasteiger partial charge in [0.15, 0.2) is 0 Å². The summed E-state index contributed by atoms with van der Waals surface area (Å²) in [5.74, 6) is 0.352. The van der Waals surface area contributed by atoms with Crippen LogP contribution in [0.3, 0.4) is 0 Å². The number of carbonyl (C=O) groups is 2. The Kier molecular flexibility index (Phi) is 49.0. The van der Waals surface area contributed by atoms with E-state index < -0.39 is 11.9 Å². The van der Waals surface area contributed by atoms with Gasteiger partial charge in [0.1, 0.15) is 0 Å². The van der Waals surface area contributed by atoms with Gasteiger partial charge in [-0.1, -0.05) is 181 Å². The van der Waals surface area contributed by atoms with Gasteiger partial charge in [-0.15, -0.1) is 0 Å². The van der Waals surface area contributed by atoms with Crippen LogP contribution < -0.4 is 10.2 Å². The number of thioether (sulfide) groups is 2. The second-order valence-corrected chi connectivity index (χ2v) is 14.3. The fraction of sp³-hybridized carbons (Fsp3) is 0.944. The number of hydrogen-bond donors (Lipinski definition) is 0. The topological polar surface area (TPSA) is 80.3 Å². The van der Waals surface area contributed by atoms with Gasteiger partial charge < -0.3 is 19.8 Å². The van der Waals surface area contributed by atoms with Gasteiger partial charge in [-0.3, -0.25) is 0 Å². The molecular formula is C36H70CuO4S2. The first-order chi connectivity index (χ1) is 20.5. The van der Waals surface area contributed by atoms with Crippen LogP contribution in [-0.4, -0.2) is 35.0 Å². The van der Waals surface area contributed by atoms with E-state index in [0.717, 1.165) is 24.3 Å². The fourth-order valence-electron chi connectivity index (χ4n) is 5.11. The number of hydrogen-bond acceptors (Lipinski definition) is 6. The molecule has 0 aliphatic heterocycles. The van der Waals surface area contributed by atoms with Crippen molar-refractivity contribution in [2.45, 2.75) is 194 Å². The Labute approximate surface area is 287 Å². The summed E-state index contributed by atoms with van der Waals surface area (Å²) in [5, 5.41) is 20.4. The number of carbonyl (C=O) groups excluding carboxylic acids is 2. The van der Waals surface area contributed by atoms with Gasteiger partial charge in [0.05, 0.1) is 11.9 Å². The number of unbranched alkanes of at least 4 members (excludes halogenated alkanes) is 26. The minimum atomic E-state index is -0.939. The molecule has 0 aliphatic carbocycles. The van der Waals surface area contributed by atoms with Crippen LogP contribution in [0.4, 0.5) is 0 Å². The molecule has 0 N–H and O–H groups in total. The zero-order chi connectivity index (χ0) is 31.2. The smallest absolute Gasteiger partial charge is 0.549 e. The number of aliphatic carboxylic acids is 2. The van der Waals surface area contributed by atoms with Crippen LogP contribution in [0, 0.1) is 0 Å². The van der Waals surface area contributed by atoms with Gasteiger partial charge in [0.2, 0.25) is 0 Å². The number of carboxylic acid groups (broad SMARTS) is 2. The first-order valence-electron chi connectivity index (χ1n) is 18.1. The summed E-state index contributed by atoms with van der Waals surface area (Å²) in [6.45, 7) is 4.54. The van der Waals surface area contributed by atoms with Crippen molar-refractivity contribution in [1.29, 1.82) is 0 Å². The van der Waals surface area contributed by atoms with Crippen molar-refractivity contribution in [1.82, 2.24) is 0 Å². The van der Waals surface area contributed by atoms with Gasteiger partial charge in [-0.2, -0.15) is 23.5 Å². The average molecular weight is 695 g/mol. The van der Waals surface area contributed by atoms with E-state index in [1.54, 1.807) is 0 Å². The van der Waals surface area contributed by atoms with Crippen LogP contribution in [0.5, 0.6) is 0 Å². The van der Waals surface area contributed by atoms with Gasteiger partial charge in [0, 0.05) is 11.5 Å². The van der Waals surface area contributed by atoms with Crippen LogP contribution in [0.25, 0.3) is 0 Å². The second-order valence-electron chi connectivity index (χ2n) is 12.0. The Bertz CT molecular complexity index is 491. The predicted molar refractivity (Wildman–Crippen MR) is 185 cm³/mol. The van der Waals surface area contributed by atoms with E-state index in [0.29, 0.717) is 0 Å². The maximum Gasteiger partial charge on any atom is 2.00 e. The second kappa shape index (κ2) is 44.3. The summed E-state index contributed by atoms with van der Waals surface area (Å²) in [4.78, 5) is 20.4. The molecule has 7 heteroatoms. The van der Waals surface area contributed by atoms with E-state index in [-0.39, 0.29) is 28.6 Å². The third kappa shape index (κ3) is 52.0. The predicted octanol–water partition coefficient (Wildman–Crippen LogP) is 9.90. The molecule has 0 bridgehead atoms. The molecular weight excluding hydrogens is 624 g/mol. The minimum Gasteiger partial charge on any atom is -0.549 e. The molecule has 0 saturated heterocycles. The van der Waals surface area contributed by atoms with E-state index >= 15 is 0 Å². The molecule has 0 heterocycles. The standard InChI is InChI=1S/2C18H36O2S.Cu/c2*1-2-3-4-5-6-7-8-9-10-11-12-13-14-15-16-21-17-18(19)20;/h2*2-17H2,1H3,(H,19,20);/q;;+2/p-2.